The Labute approximate surface area is 236 Å². The largest absolute Gasteiger partial charge is 0.401 e. The van der Waals surface area contributed by atoms with Crippen molar-refractivity contribution >= 4 is 52.0 Å². The molecule has 0 bridgehead atoms. The number of thiophene rings is 1. The molecule has 1 atom stereocenters. The summed E-state index contributed by atoms with van der Waals surface area (Å²) in [5, 5.41) is 4.77. The van der Waals surface area contributed by atoms with Crippen molar-refractivity contribution < 1.29 is 41.1 Å². The number of carbonyl (C=O) groups excluding carboxylic acids is 3. The monoisotopic (exact) mass is 610 g/mol. The lowest BCUT2D eigenvalue weighted by atomic mass is 10.1. The van der Waals surface area contributed by atoms with Crippen molar-refractivity contribution in [3.63, 3.8) is 0 Å². The molecule has 2 heterocycles. The summed E-state index contributed by atoms with van der Waals surface area (Å²) in [6.45, 7) is 1.29. The summed E-state index contributed by atoms with van der Waals surface area (Å²) >= 11 is 6.80. The molecular formula is C25H28ClF5N4O4S. The van der Waals surface area contributed by atoms with E-state index in [4.69, 9.17) is 16.3 Å². The number of halogens is 6. The van der Waals surface area contributed by atoms with E-state index in [0.29, 0.717) is 4.34 Å². The highest BCUT2D eigenvalue weighted by Gasteiger charge is 2.37. The van der Waals surface area contributed by atoms with E-state index < -0.39 is 55.0 Å². The van der Waals surface area contributed by atoms with Gasteiger partial charge in [-0.15, -0.1) is 11.3 Å². The molecule has 3 rings (SSSR count). The fraction of sp³-hybridized carbons (Fsp3) is 0.480. The Morgan fingerprint density at radius 3 is 2.50 bits per heavy atom. The summed E-state index contributed by atoms with van der Waals surface area (Å²) in [7, 11) is 0. The molecule has 1 aliphatic rings. The molecule has 2 aromatic rings. The number of anilines is 2. The maximum Gasteiger partial charge on any atom is 0.401 e. The molecule has 15 heteroatoms. The van der Waals surface area contributed by atoms with Gasteiger partial charge >= 0.3 is 6.18 Å². The van der Waals surface area contributed by atoms with Gasteiger partial charge in [-0.05, 0) is 36.2 Å². The van der Waals surface area contributed by atoms with Crippen LogP contribution in [0.5, 0.6) is 0 Å². The third-order valence-electron chi connectivity index (χ3n) is 5.80. The number of alkyl halides is 5. The highest BCUT2D eigenvalue weighted by Crippen LogP contribution is 2.32. The highest BCUT2D eigenvalue weighted by molar-refractivity contribution is 7.18. The van der Waals surface area contributed by atoms with Crippen molar-refractivity contribution in [2.75, 3.05) is 49.6 Å². The molecule has 1 saturated heterocycles. The van der Waals surface area contributed by atoms with Gasteiger partial charge in [-0.1, -0.05) is 25.4 Å². The lowest BCUT2D eigenvalue weighted by molar-refractivity contribution is -0.154. The Morgan fingerprint density at radius 1 is 1.20 bits per heavy atom. The van der Waals surface area contributed by atoms with Crippen molar-refractivity contribution in [1.82, 2.24) is 10.2 Å². The second-order valence-corrected chi connectivity index (χ2v) is 11.1. The van der Waals surface area contributed by atoms with Crippen LogP contribution in [0.4, 0.5) is 33.3 Å². The molecule has 0 radical (unpaired) electrons. The van der Waals surface area contributed by atoms with Crippen molar-refractivity contribution in [2.45, 2.75) is 32.5 Å². The van der Waals surface area contributed by atoms with Crippen molar-refractivity contribution in [2.24, 2.45) is 5.92 Å². The van der Waals surface area contributed by atoms with Gasteiger partial charge in [-0.25, -0.2) is 8.78 Å². The molecule has 0 spiro atoms. The molecule has 1 aromatic carbocycles. The quantitative estimate of drug-likeness (QED) is 0.351. The highest BCUT2D eigenvalue weighted by atomic mass is 35.5. The van der Waals surface area contributed by atoms with Crippen LogP contribution in [-0.4, -0.2) is 74.2 Å². The summed E-state index contributed by atoms with van der Waals surface area (Å²) in [6, 6.07) is 4.90. The Bertz CT molecular complexity index is 1210. The summed E-state index contributed by atoms with van der Waals surface area (Å²) < 4.78 is 73.8. The minimum absolute atomic E-state index is 0.145. The smallest absolute Gasteiger partial charge is 0.370 e. The van der Waals surface area contributed by atoms with E-state index in [9.17, 15) is 36.3 Å². The first kappa shape index (κ1) is 31.7. The zero-order valence-electron chi connectivity index (χ0n) is 21.6. The predicted octanol–water partition coefficient (Wildman–Crippen LogP) is 4.96. The zero-order chi connectivity index (χ0) is 29.6. The number of morpholine rings is 1. The molecule has 1 aromatic heterocycles. The second kappa shape index (κ2) is 13.7. The summed E-state index contributed by atoms with van der Waals surface area (Å²) in [4.78, 5) is 40.4. The number of benzene rings is 1. The van der Waals surface area contributed by atoms with Crippen LogP contribution in [0.3, 0.4) is 0 Å². The van der Waals surface area contributed by atoms with Gasteiger partial charge in [0.15, 0.2) is 0 Å². The van der Waals surface area contributed by atoms with Gasteiger partial charge in [0, 0.05) is 36.6 Å². The van der Waals surface area contributed by atoms with Gasteiger partial charge in [0.1, 0.15) is 12.6 Å². The predicted molar refractivity (Wildman–Crippen MR) is 141 cm³/mol. The molecule has 2 N–H and O–H groups in total. The minimum Gasteiger partial charge on any atom is -0.370 e. The van der Waals surface area contributed by atoms with Crippen LogP contribution in [-0.2, 0) is 14.3 Å². The molecule has 0 unspecified atom stereocenters. The number of nitrogens with zero attached hydrogens (tertiary/aromatic N) is 2. The van der Waals surface area contributed by atoms with E-state index in [1.165, 1.54) is 23.1 Å². The molecule has 3 amide bonds. The number of amides is 3. The number of hydrogen-bond acceptors (Lipinski definition) is 6. The van der Waals surface area contributed by atoms with Crippen molar-refractivity contribution in [1.29, 1.82) is 0 Å². The number of rotatable bonds is 11. The van der Waals surface area contributed by atoms with E-state index in [0.717, 1.165) is 28.4 Å². The van der Waals surface area contributed by atoms with Crippen LogP contribution in [0.2, 0.25) is 4.34 Å². The van der Waals surface area contributed by atoms with Crippen LogP contribution in [0, 0.1) is 5.92 Å². The van der Waals surface area contributed by atoms with Crippen molar-refractivity contribution in [3.8, 4) is 0 Å². The topological polar surface area (TPSA) is 91.0 Å². The number of carbonyl (C=O) groups is 3. The van der Waals surface area contributed by atoms with Crippen LogP contribution in [0.25, 0.3) is 0 Å². The molecule has 220 valence electrons. The lowest BCUT2D eigenvalue weighted by Crippen LogP contribution is -2.54. The zero-order valence-corrected chi connectivity index (χ0v) is 23.1. The van der Waals surface area contributed by atoms with Crippen LogP contribution in [0.1, 0.15) is 35.5 Å². The van der Waals surface area contributed by atoms with Gasteiger partial charge in [0.25, 0.3) is 18.2 Å². The van der Waals surface area contributed by atoms with E-state index in [1.807, 2.05) is 0 Å². The van der Waals surface area contributed by atoms with E-state index in [2.05, 4.69) is 10.6 Å². The molecule has 0 saturated carbocycles. The Morgan fingerprint density at radius 2 is 1.93 bits per heavy atom. The van der Waals surface area contributed by atoms with Gasteiger partial charge in [-0.2, -0.15) is 13.2 Å². The van der Waals surface area contributed by atoms with Gasteiger partial charge in [-0.3, -0.25) is 19.3 Å². The molecule has 1 aliphatic heterocycles. The van der Waals surface area contributed by atoms with Gasteiger partial charge in [0.05, 0.1) is 22.4 Å². The third kappa shape index (κ3) is 8.85. The lowest BCUT2D eigenvalue weighted by Gasteiger charge is -2.33. The number of hydrogen-bond donors (Lipinski definition) is 2. The van der Waals surface area contributed by atoms with E-state index >= 15 is 0 Å². The van der Waals surface area contributed by atoms with Gasteiger partial charge < -0.3 is 20.3 Å². The van der Waals surface area contributed by atoms with Crippen molar-refractivity contribution in [3.05, 3.63) is 45.1 Å². The fourth-order valence-corrected chi connectivity index (χ4v) is 5.08. The molecule has 8 nitrogen and oxygen atoms in total. The minimum atomic E-state index is -4.68. The molecular weight excluding hydrogens is 583 g/mol. The maximum atomic E-state index is 14.0. The second-order valence-electron chi connectivity index (χ2n) is 9.43. The first-order chi connectivity index (χ1) is 18.7. The van der Waals surface area contributed by atoms with E-state index in [1.54, 1.807) is 13.8 Å². The molecule has 0 aliphatic carbocycles. The van der Waals surface area contributed by atoms with E-state index in [-0.39, 0.29) is 48.5 Å². The summed E-state index contributed by atoms with van der Waals surface area (Å²) in [5.41, 5.74) is -0.784. The Hall–Kier alpha value is -2.81. The third-order valence-corrected chi connectivity index (χ3v) is 7.03. The number of nitrogens with one attached hydrogen (secondary N) is 2. The molecule has 40 heavy (non-hydrogen) atoms. The normalized spacial score (nSPS) is 15.2. The Balaban J connectivity index is 1.89. The summed E-state index contributed by atoms with van der Waals surface area (Å²) in [5.74, 6) is -2.40. The summed E-state index contributed by atoms with van der Waals surface area (Å²) in [6.07, 6.45) is -7.76. The fourth-order valence-electron chi connectivity index (χ4n) is 4.12. The first-order valence-corrected chi connectivity index (χ1v) is 13.4. The van der Waals surface area contributed by atoms with Gasteiger partial charge in [0.2, 0.25) is 5.91 Å². The number of ether oxygens (including phenoxy) is 1. The first-order valence-electron chi connectivity index (χ1n) is 12.2. The standard InChI is InChI=1S/C25H28ClF5N4O4S/c1-14(2)11-34(13-25(29,30)31)18(10-32-24(38)19-5-6-20(26)40-19)23(37)33-17-4-3-15(9-16(17)22(27)28)35-7-8-39-12-21(35)36/h3-6,9,14,18,22H,7-8,10-13H2,1-2H3,(H,32,38)(H,33,37)/t18-/m1/s1. The van der Waals surface area contributed by atoms with Crippen LogP contribution >= 0.6 is 22.9 Å². The maximum absolute atomic E-state index is 14.0. The van der Waals surface area contributed by atoms with Crippen LogP contribution < -0.4 is 15.5 Å². The average Bonchev–Trinajstić information content (AvgIpc) is 3.29. The van der Waals surface area contributed by atoms with Crippen LogP contribution in [0.15, 0.2) is 30.3 Å². The SMILES string of the molecule is CC(C)CN(CC(F)(F)F)[C@H](CNC(=O)c1ccc(Cl)s1)C(=O)Nc1ccc(N2CCOCC2=O)cc1C(F)F. The Kier molecular flexibility index (Phi) is 10.9. The average molecular weight is 611 g/mol. The molecule has 1 fully saturated rings.